The number of aryl methyl sites for hydroxylation is 1. The first-order chi connectivity index (χ1) is 7.39. The second-order valence-corrected chi connectivity index (χ2v) is 6.96. The van der Waals surface area contributed by atoms with Crippen LogP contribution < -0.4 is 0 Å². The number of aromatic nitrogens is 2. The Morgan fingerprint density at radius 3 is 2.75 bits per heavy atom. The fraction of sp³-hybridized carbons (Fsp3) is 0.636. The first-order valence-electron chi connectivity index (χ1n) is 5.39. The van der Waals surface area contributed by atoms with Crippen LogP contribution in [-0.2, 0) is 24.5 Å². The van der Waals surface area contributed by atoms with Crippen LogP contribution in [0.25, 0.3) is 0 Å². The number of fused-ring (bicyclic) bond motifs is 1. The van der Waals surface area contributed by atoms with E-state index >= 15 is 0 Å². The van der Waals surface area contributed by atoms with Gasteiger partial charge in [0.05, 0.1) is 16.8 Å². The Morgan fingerprint density at radius 1 is 1.44 bits per heavy atom. The molecule has 0 fully saturated rings. The van der Waals surface area contributed by atoms with Crippen molar-refractivity contribution in [3.8, 4) is 0 Å². The molecule has 0 spiro atoms. The van der Waals surface area contributed by atoms with E-state index in [1.54, 1.807) is 6.33 Å². The number of hydrogen-bond acceptors (Lipinski definition) is 2. The first-order valence-corrected chi connectivity index (χ1v) is 6.50. The summed E-state index contributed by atoms with van der Waals surface area (Å²) >= 11 is 0. The van der Waals surface area contributed by atoms with Gasteiger partial charge in [0, 0.05) is 12.7 Å². The number of imidazole rings is 1. The molecule has 0 radical (unpaired) electrons. The molecule has 16 heavy (non-hydrogen) atoms. The molecule has 0 unspecified atom stereocenters. The highest BCUT2D eigenvalue weighted by atomic mass is 32.2. The lowest BCUT2D eigenvalue weighted by molar-refractivity contribution is 0.650. The minimum atomic E-state index is -1.19. The zero-order valence-electron chi connectivity index (χ0n) is 10.1. The standard InChI is InChI=1S/C11H17N3OS/c1-11(2,3)16(15)13-8-5-6-9-10(8)12-7-14(9)4/h7H,5-6H2,1-4H3/b13-8+/t16-/m1/s1. The summed E-state index contributed by atoms with van der Waals surface area (Å²) in [6.45, 7) is 5.80. The third-order valence-corrected chi connectivity index (χ3v) is 4.08. The predicted molar refractivity (Wildman–Crippen MR) is 66.0 cm³/mol. The molecule has 1 heterocycles. The predicted octanol–water partition coefficient (Wildman–Crippen LogP) is 1.62. The summed E-state index contributed by atoms with van der Waals surface area (Å²) in [6, 6.07) is 0. The summed E-state index contributed by atoms with van der Waals surface area (Å²) in [4.78, 5) is 4.31. The van der Waals surface area contributed by atoms with E-state index in [2.05, 4.69) is 9.38 Å². The number of nitrogens with zero attached hydrogens (tertiary/aromatic N) is 3. The summed E-state index contributed by atoms with van der Waals surface area (Å²) < 4.78 is 18.0. The van der Waals surface area contributed by atoms with Crippen LogP contribution in [-0.4, -0.2) is 24.2 Å². The maximum absolute atomic E-state index is 11.9. The van der Waals surface area contributed by atoms with Gasteiger partial charge in [-0.05, 0) is 33.6 Å². The van der Waals surface area contributed by atoms with Crippen molar-refractivity contribution in [2.45, 2.75) is 38.4 Å². The molecule has 4 nitrogen and oxygen atoms in total. The van der Waals surface area contributed by atoms with Crippen molar-refractivity contribution in [1.29, 1.82) is 0 Å². The monoisotopic (exact) mass is 239 g/mol. The van der Waals surface area contributed by atoms with Gasteiger partial charge in [0.1, 0.15) is 16.7 Å². The fourth-order valence-electron chi connectivity index (χ4n) is 1.67. The Bertz CT molecular complexity index is 468. The average molecular weight is 239 g/mol. The van der Waals surface area contributed by atoms with Crippen LogP contribution in [0.2, 0.25) is 0 Å². The molecule has 1 aromatic rings. The van der Waals surface area contributed by atoms with Crippen LogP contribution in [0.4, 0.5) is 0 Å². The minimum Gasteiger partial charge on any atom is -0.337 e. The molecule has 0 N–H and O–H groups in total. The van der Waals surface area contributed by atoms with Gasteiger partial charge in [-0.25, -0.2) is 9.19 Å². The molecule has 5 heteroatoms. The fourth-order valence-corrected chi connectivity index (χ4v) is 2.32. The van der Waals surface area contributed by atoms with Crippen molar-refractivity contribution in [1.82, 2.24) is 9.55 Å². The van der Waals surface area contributed by atoms with E-state index in [-0.39, 0.29) is 4.75 Å². The quantitative estimate of drug-likeness (QED) is 0.747. The van der Waals surface area contributed by atoms with E-state index in [4.69, 9.17) is 0 Å². The van der Waals surface area contributed by atoms with Crippen LogP contribution in [0.15, 0.2) is 10.7 Å². The number of rotatable bonds is 1. The van der Waals surface area contributed by atoms with Gasteiger partial charge in [-0.1, -0.05) is 0 Å². The summed E-state index contributed by atoms with van der Waals surface area (Å²) in [5, 5.41) is 0. The number of hydrogen-bond donors (Lipinski definition) is 0. The average Bonchev–Trinajstić information content (AvgIpc) is 2.70. The second kappa shape index (κ2) is 3.80. The molecule has 0 bridgehead atoms. The molecule has 1 atom stereocenters. The highest BCUT2D eigenvalue weighted by Gasteiger charge is 2.25. The van der Waals surface area contributed by atoms with Crippen molar-refractivity contribution in [2.75, 3.05) is 0 Å². The van der Waals surface area contributed by atoms with E-state index in [0.29, 0.717) is 0 Å². The van der Waals surface area contributed by atoms with Crippen LogP contribution in [0.5, 0.6) is 0 Å². The molecular formula is C11H17N3OS. The molecule has 0 aliphatic heterocycles. The van der Waals surface area contributed by atoms with Gasteiger partial charge in [-0.3, -0.25) is 0 Å². The molecule has 1 aliphatic carbocycles. The Balaban J connectivity index is 2.32. The molecule has 1 aromatic heterocycles. The van der Waals surface area contributed by atoms with Crippen molar-refractivity contribution >= 4 is 16.7 Å². The van der Waals surface area contributed by atoms with Crippen molar-refractivity contribution in [3.63, 3.8) is 0 Å². The summed E-state index contributed by atoms with van der Waals surface area (Å²) in [5.41, 5.74) is 3.02. The maximum atomic E-state index is 11.9. The third kappa shape index (κ3) is 1.96. The van der Waals surface area contributed by atoms with Crippen molar-refractivity contribution in [2.24, 2.45) is 11.4 Å². The van der Waals surface area contributed by atoms with Crippen LogP contribution in [0.3, 0.4) is 0 Å². The van der Waals surface area contributed by atoms with Crippen LogP contribution in [0, 0.1) is 0 Å². The topological polar surface area (TPSA) is 47.2 Å². The highest BCUT2D eigenvalue weighted by Crippen LogP contribution is 2.22. The zero-order chi connectivity index (χ0) is 11.9. The molecule has 1 aliphatic rings. The Kier molecular flexibility index (Phi) is 2.74. The molecular weight excluding hydrogens is 222 g/mol. The molecule has 2 rings (SSSR count). The first kappa shape index (κ1) is 11.5. The lowest BCUT2D eigenvalue weighted by Gasteiger charge is -2.13. The maximum Gasteiger partial charge on any atom is 0.145 e. The van der Waals surface area contributed by atoms with Crippen molar-refractivity contribution < 1.29 is 4.21 Å². The second-order valence-electron chi connectivity index (χ2n) is 5.05. The van der Waals surface area contributed by atoms with Crippen LogP contribution in [0.1, 0.15) is 38.6 Å². The van der Waals surface area contributed by atoms with Gasteiger partial charge in [0.25, 0.3) is 0 Å². The van der Waals surface area contributed by atoms with Crippen molar-refractivity contribution in [3.05, 3.63) is 17.7 Å². The SMILES string of the molecule is Cn1cnc2c1CC/C2=N\[S@](=O)C(C)(C)C. The molecule has 0 aromatic carbocycles. The van der Waals surface area contributed by atoms with E-state index in [9.17, 15) is 4.21 Å². The molecule has 0 saturated heterocycles. The molecule has 0 saturated carbocycles. The molecule has 0 amide bonds. The largest absolute Gasteiger partial charge is 0.337 e. The molecule has 88 valence electrons. The summed E-state index contributed by atoms with van der Waals surface area (Å²) in [6.07, 6.45) is 3.60. The van der Waals surface area contributed by atoms with E-state index in [0.717, 1.165) is 24.2 Å². The normalized spacial score (nSPS) is 20.1. The van der Waals surface area contributed by atoms with Gasteiger partial charge >= 0.3 is 0 Å². The summed E-state index contributed by atoms with van der Waals surface area (Å²) in [7, 11) is 0.795. The van der Waals surface area contributed by atoms with E-state index in [1.807, 2.05) is 32.4 Å². The van der Waals surface area contributed by atoms with Gasteiger partial charge in [0.2, 0.25) is 0 Å². The lowest BCUT2D eigenvalue weighted by atomic mass is 10.3. The third-order valence-electron chi connectivity index (χ3n) is 2.65. The van der Waals surface area contributed by atoms with E-state index in [1.165, 1.54) is 5.69 Å². The smallest absolute Gasteiger partial charge is 0.145 e. The Hall–Kier alpha value is -0.970. The van der Waals surface area contributed by atoms with Gasteiger partial charge in [0.15, 0.2) is 0 Å². The van der Waals surface area contributed by atoms with Gasteiger partial charge in [-0.15, -0.1) is 0 Å². The van der Waals surface area contributed by atoms with E-state index < -0.39 is 11.0 Å². The Labute approximate surface area is 98.4 Å². The van der Waals surface area contributed by atoms with Gasteiger partial charge < -0.3 is 4.57 Å². The zero-order valence-corrected chi connectivity index (χ0v) is 11.0. The van der Waals surface area contributed by atoms with Gasteiger partial charge in [-0.2, -0.15) is 4.40 Å². The summed E-state index contributed by atoms with van der Waals surface area (Å²) in [5.74, 6) is 0. The minimum absolute atomic E-state index is 0.301. The van der Waals surface area contributed by atoms with Crippen LogP contribution >= 0.6 is 0 Å². The Morgan fingerprint density at radius 2 is 2.12 bits per heavy atom. The highest BCUT2D eigenvalue weighted by molar-refractivity contribution is 7.85. The lowest BCUT2D eigenvalue weighted by Crippen LogP contribution is -2.20.